The van der Waals surface area contributed by atoms with Crippen molar-refractivity contribution in [1.29, 1.82) is 15.8 Å². The molecule has 1 atom stereocenters. The molecule has 0 amide bonds. The Hall–Kier alpha value is -2.57. The molecule has 0 rings (SSSR count). The Kier molecular flexibility index (Phi) is 50.0. The van der Waals surface area contributed by atoms with E-state index in [2.05, 4.69) is 26.3 Å². The molecule has 0 saturated carbocycles. The van der Waals surface area contributed by atoms with Crippen LogP contribution in [0.25, 0.3) is 0 Å². The highest BCUT2D eigenvalue weighted by Gasteiger charge is 1.83. The van der Waals surface area contributed by atoms with Crippen molar-refractivity contribution in [2.24, 2.45) is 5.92 Å². The van der Waals surface area contributed by atoms with Crippen LogP contribution in [0.5, 0.6) is 0 Å². The molecular weight excluding hydrogens is 222 g/mol. The molecule has 3 nitrogen and oxygen atoms in total. The lowest BCUT2D eigenvalue weighted by molar-refractivity contribution is 0.960. The Bertz CT molecular complexity index is 305. The quantitative estimate of drug-likeness (QED) is 0.547. The van der Waals surface area contributed by atoms with E-state index in [1.807, 2.05) is 31.2 Å². The first kappa shape index (κ1) is 24.6. The summed E-state index contributed by atoms with van der Waals surface area (Å²) in [6.45, 7) is 17.3. The molecule has 0 radical (unpaired) electrons. The van der Waals surface area contributed by atoms with Crippen LogP contribution in [-0.4, -0.2) is 0 Å². The van der Waals surface area contributed by atoms with Crippen LogP contribution in [0.15, 0.2) is 50.1 Å². The van der Waals surface area contributed by atoms with Gasteiger partial charge in [-0.15, -0.1) is 6.58 Å². The first-order valence-corrected chi connectivity index (χ1v) is 5.14. The van der Waals surface area contributed by atoms with Crippen molar-refractivity contribution in [2.75, 3.05) is 0 Å². The van der Waals surface area contributed by atoms with E-state index in [1.165, 1.54) is 0 Å². The maximum Gasteiger partial charge on any atom is 0.0694 e. The third-order valence-electron chi connectivity index (χ3n) is 1.17. The molecule has 0 heterocycles. The van der Waals surface area contributed by atoms with Gasteiger partial charge in [-0.1, -0.05) is 43.5 Å². The lowest BCUT2D eigenvalue weighted by Crippen LogP contribution is -1.76. The van der Waals surface area contributed by atoms with Gasteiger partial charge < -0.3 is 0 Å². The second-order valence-electron chi connectivity index (χ2n) is 2.56. The fraction of sp³-hybridized carbons (Fsp3) is 0.267. The second-order valence-corrected chi connectivity index (χ2v) is 2.56. The number of nitriles is 3. The predicted molar refractivity (Wildman–Crippen MR) is 77.1 cm³/mol. The highest BCUT2D eigenvalue weighted by molar-refractivity contribution is 4.91. The van der Waals surface area contributed by atoms with Crippen LogP contribution in [0.2, 0.25) is 0 Å². The van der Waals surface area contributed by atoms with Crippen molar-refractivity contribution in [3.05, 3.63) is 50.1 Å². The van der Waals surface area contributed by atoms with E-state index in [9.17, 15) is 0 Å². The van der Waals surface area contributed by atoms with E-state index in [4.69, 9.17) is 15.8 Å². The van der Waals surface area contributed by atoms with Crippen LogP contribution in [-0.2, 0) is 0 Å². The monoisotopic (exact) mass is 243 g/mol. The van der Waals surface area contributed by atoms with Gasteiger partial charge >= 0.3 is 0 Å². The number of nitrogens with zero attached hydrogens (tertiary/aromatic N) is 3. The summed E-state index contributed by atoms with van der Waals surface area (Å²) in [5.41, 5.74) is 0. The molecule has 0 spiro atoms. The Morgan fingerprint density at radius 2 is 1.61 bits per heavy atom. The lowest BCUT2D eigenvalue weighted by Gasteiger charge is -1.80. The van der Waals surface area contributed by atoms with E-state index < -0.39 is 0 Å². The van der Waals surface area contributed by atoms with Gasteiger partial charge in [0.15, 0.2) is 0 Å². The van der Waals surface area contributed by atoms with Crippen LogP contribution in [0.3, 0.4) is 0 Å². The maximum atomic E-state index is 8.01. The molecule has 0 aliphatic heterocycles. The van der Waals surface area contributed by atoms with Crippen LogP contribution in [0.1, 0.15) is 20.3 Å². The van der Waals surface area contributed by atoms with E-state index >= 15 is 0 Å². The molecule has 0 aromatic carbocycles. The van der Waals surface area contributed by atoms with Gasteiger partial charge in [-0.25, -0.2) is 5.26 Å². The molecule has 96 valence electrons. The summed E-state index contributed by atoms with van der Waals surface area (Å²) in [6, 6.07) is 3.98. The molecule has 0 aromatic heterocycles. The highest BCUT2D eigenvalue weighted by atomic mass is 14.2. The van der Waals surface area contributed by atoms with Gasteiger partial charge in [0.05, 0.1) is 24.5 Å². The molecule has 0 fully saturated rings. The smallest absolute Gasteiger partial charge is 0.0694 e. The Morgan fingerprint density at radius 3 is 1.67 bits per heavy atom. The van der Waals surface area contributed by atoms with E-state index in [0.29, 0.717) is 6.42 Å². The van der Waals surface area contributed by atoms with Crippen LogP contribution < -0.4 is 0 Å². The average molecular weight is 243 g/mol. The van der Waals surface area contributed by atoms with E-state index in [0.717, 1.165) is 0 Å². The molecule has 0 N–H and O–H groups in total. The third kappa shape index (κ3) is 70.4. The molecule has 0 bridgehead atoms. The predicted octanol–water partition coefficient (Wildman–Crippen LogP) is 4.31. The van der Waals surface area contributed by atoms with Gasteiger partial charge in [-0.2, -0.15) is 10.5 Å². The molecule has 3 heteroatoms. The highest BCUT2D eigenvalue weighted by Crippen LogP contribution is 1.87. The summed E-state index contributed by atoms with van der Waals surface area (Å²) >= 11 is 0. The number of hydrogen-bond donors (Lipinski definition) is 0. The van der Waals surface area contributed by atoms with Crippen molar-refractivity contribution in [1.82, 2.24) is 0 Å². The third-order valence-corrected chi connectivity index (χ3v) is 1.17. The van der Waals surface area contributed by atoms with Crippen molar-refractivity contribution < 1.29 is 0 Å². The number of allylic oxidation sites excluding steroid dienone is 5. The normalized spacial score (nSPS) is 8.11. The van der Waals surface area contributed by atoms with Crippen molar-refractivity contribution in [3.8, 4) is 18.7 Å². The van der Waals surface area contributed by atoms with E-state index in [-0.39, 0.29) is 5.92 Å². The van der Waals surface area contributed by atoms with Crippen molar-refractivity contribution in [3.63, 3.8) is 0 Å². The van der Waals surface area contributed by atoms with E-state index in [1.54, 1.807) is 25.2 Å². The minimum atomic E-state index is 0.00463. The molecule has 0 saturated heterocycles. The van der Waals surface area contributed by atoms with Gasteiger partial charge in [0.25, 0.3) is 0 Å². The summed E-state index contributed by atoms with van der Waals surface area (Å²) in [5, 5.41) is 22.4. The second kappa shape index (κ2) is 36.6. The summed E-state index contributed by atoms with van der Waals surface area (Å²) in [5.74, 6) is 0.00463. The van der Waals surface area contributed by atoms with Gasteiger partial charge in [-0.3, -0.25) is 0 Å². The molecule has 1 unspecified atom stereocenters. The zero-order valence-corrected chi connectivity index (χ0v) is 11.2. The molecule has 0 aromatic rings. The Labute approximate surface area is 111 Å². The number of rotatable bonds is 3. The Balaban J connectivity index is -0.0000000777. The minimum Gasteiger partial charge on any atom is -0.202 e. The SMILES string of the molecule is C#N.C/C=C\CC#N.C=CC(C)C#N.C=CC=C. The fourth-order valence-electron chi connectivity index (χ4n) is 0.223. The van der Waals surface area contributed by atoms with Crippen molar-refractivity contribution in [2.45, 2.75) is 20.3 Å². The lowest BCUT2D eigenvalue weighted by atomic mass is 10.2. The van der Waals surface area contributed by atoms with Crippen LogP contribution >= 0.6 is 0 Å². The summed E-state index contributed by atoms with van der Waals surface area (Å²) < 4.78 is 0. The summed E-state index contributed by atoms with van der Waals surface area (Å²) in [7, 11) is 0. The first-order valence-electron chi connectivity index (χ1n) is 5.14. The summed E-state index contributed by atoms with van der Waals surface area (Å²) in [4.78, 5) is 0. The molecule has 0 aliphatic carbocycles. The first-order chi connectivity index (χ1) is 8.64. The molecule has 0 aliphatic rings. The maximum absolute atomic E-state index is 8.01. The summed E-state index contributed by atoms with van der Waals surface area (Å²) in [6.07, 6.45) is 9.11. The van der Waals surface area contributed by atoms with Gasteiger partial charge in [0.1, 0.15) is 0 Å². The topological polar surface area (TPSA) is 71.4 Å². The minimum absolute atomic E-state index is 0.00463. The van der Waals surface area contributed by atoms with Crippen molar-refractivity contribution >= 4 is 0 Å². The zero-order chi connectivity index (χ0) is 15.2. The molecule has 18 heavy (non-hydrogen) atoms. The van der Waals surface area contributed by atoms with Crippen LogP contribution in [0.4, 0.5) is 0 Å². The van der Waals surface area contributed by atoms with Gasteiger partial charge in [0.2, 0.25) is 0 Å². The largest absolute Gasteiger partial charge is 0.202 e. The standard InChI is InChI=1S/2C5H7N.C4H6.CHN/c1-3-5(2)4-6;1-2-3-4-5-6;1-3-4-2;1-2/h3,5H,1H2,2H3;2-3H,4H2,1H3;3-4H,1-2H2;1H/b;3-2-;;. The molecular formula is C15H21N3. The zero-order valence-electron chi connectivity index (χ0n) is 11.2. The van der Waals surface area contributed by atoms with Gasteiger partial charge in [-0.05, 0) is 13.8 Å². The Morgan fingerprint density at radius 1 is 1.17 bits per heavy atom. The van der Waals surface area contributed by atoms with Gasteiger partial charge in [0, 0.05) is 6.57 Å². The number of hydrogen-bond acceptors (Lipinski definition) is 3. The fourth-order valence-corrected chi connectivity index (χ4v) is 0.223. The average Bonchev–Trinajstić information content (AvgIpc) is 2.47. The van der Waals surface area contributed by atoms with Crippen LogP contribution in [0, 0.1) is 40.4 Å².